The van der Waals surface area contributed by atoms with Gasteiger partial charge in [0.25, 0.3) is 5.69 Å². The molecule has 0 spiro atoms. The number of nitro benzene ring substituents is 1. The maximum atomic E-state index is 12.4. The molecule has 1 heterocycles. The fourth-order valence-electron chi connectivity index (χ4n) is 2.96. The summed E-state index contributed by atoms with van der Waals surface area (Å²) in [5.41, 5.74) is 0.830. The number of carboxylic acid groups (broad SMARTS) is 1. The zero-order valence-corrected chi connectivity index (χ0v) is 15.1. The number of amides is 1. The van der Waals surface area contributed by atoms with Gasteiger partial charge in [-0.1, -0.05) is 30.3 Å². The first-order chi connectivity index (χ1) is 13.8. The van der Waals surface area contributed by atoms with Crippen LogP contribution in [0.15, 0.2) is 48.5 Å². The number of anilines is 1. The van der Waals surface area contributed by atoms with Crippen LogP contribution in [0.3, 0.4) is 0 Å². The van der Waals surface area contributed by atoms with Crippen LogP contribution in [0.25, 0.3) is 0 Å². The van der Waals surface area contributed by atoms with E-state index in [1.807, 2.05) is 0 Å². The molecule has 0 saturated carbocycles. The molecule has 1 amide bonds. The molecular weight excluding hydrogens is 382 g/mol. The second-order valence-corrected chi connectivity index (χ2v) is 6.39. The van der Waals surface area contributed by atoms with E-state index in [1.54, 1.807) is 30.3 Å². The SMILES string of the molecule is O=C(CN1CC(=O)Oc2cc([N+](=O)[O-])ccc21)NC(Cc1ccccc1)C(=O)O. The Balaban J connectivity index is 1.72. The van der Waals surface area contributed by atoms with Crippen molar-refractivity contribution in [3.8, 4) is 5.75 Å². The first kappa shape index (κ1) is 19.8. The first-order valence-corrected chi connectivity index (χ1v) is 8.63. The molecule has 150 valence electrons. The topological polar surface area (TPSA) is 139 Å². The molecule has 0 bridgehead atoms. The van der Waals surface area contributed by atoms with E-state index in [0.717, 1.165) is 11.6 Å². The molecule has 0 saturated heterocycles. The molecule has 0 aromatic heterocycles. The van der Waals surface area contributed by atoms with Crippen molar-refractivity contribution >= 4 is 29.2 Å². The number of nitro groups is 1. The van der Waals surface area contributed by atoms with E-state index in [0.29, 0.717) is 5.69 Å². The average Bonchev–Trinajstić information content (AvgIpc) is 2.67. The predicted octanol–water partition coefficient (Wildman–Crippen LogP) is 1.13. The van der Waals surface area contributed by atoms with Gasteiger partial charge < -0.3 is 20.1 Å². The van der Waals surface area contributed by atoms with Gasteiger partial charge >= 0.3 is 11.9 Å². The van der Waals surface area contributed by atoms with Crippen LogP contribution in [0.5, 0.6) is 5.75 Å². The number of carbonyl (C=O) groups excluding carboxylic acids is 2. The van der Waals surface area contributed by atoms with Crippen molar-refractivity contribution in [2.75, 3.05) is 18.0 Å². The fraction of sp³-hybridized carbons (Fsp3) is 0.211. The van der Waals surface area contributed by atoms with Crippen LogP contribution in [0.2, 0.25) is 0 Å². The first-order valence-electron chi connectivity index (χ1n) is 8.63. The average molecular weight is 399 g/mol. The number of fused-ring (bicyclic) bond motifs is 1. The summed E-state index contributed by atoms with van der Waals surface area (Å²) in [6.45, 7) is -0.548. The lowest BCUT2D eigenvalue weighted by Crippen LogP contribution is -2.48. The number of non-ortho nitro benzene ring substituents is 1. The number of rotatable bonds is 7. The van der Waals surface area contributed by atoms with E-state index in [2.05, 4.69) is 5.32 Å². The Kier molecular flexibility index (Phi) is 5.72. The molecule has 2 aromatic rings. The summed E-state index contributed by atoms with van der Waals surface area (Å²) < 4.78 is 5.02. The van der Waals surface area contributed by atoms with Crippen molar-refractivity contribution < 1.29 is 29.2 Å². The highest BCUT2D eigenvalue weighted by Gasteiger charge is 2.29. The summed E-state index contributed by atoms with van der Waals surface area (Å²) in [6, 6.07) is 11.4. The highest BCUT2D eigenvalue weighted by molar-refractivity contribution is 5.91. The molecule has 0 fully saturated rings. The molecule has 0 aliphatic carbocycles. The summed E-state index contributed by atoms with van der Waals surface area (Å²) in [5, 5.41) is 22.7. The molecule has 1 atom stereocenters. The molecule has 29 heavy (non-hydrogen) atoms. The normalized spacial score (nSPS) is 13.8. The number of esters is 1. The van der Waals surface area contributed by atoms with Gasteiger partial charge in [-0.15, -0.1) is 0 Å². The fourth-order valence-corrected chi connectivity index (χ4v) is 2.96. The second kappa shape index (κ2) is 8.38. The van der Waals surface area contributed by atoms with Crippen molar-refractivity contribution in [3.05, 3.63) is 64.2 Å². The van der Waals surface area contributed by atoms with Crippen LogP contribution >= 0.6 is 0 Å². The highest BCUT2D eigenvalue weighted by atomic mass is 16.6. The van der Waals surface area contributed by atoms with Crippen LogP contribution in [-0.4, -0.2) is 47.0 Å². The number of ether oxygens (including phenoxy) is 1. The van der Waals surface area contributed by atoms with Gasteiger partial charge in [-0.05, 0) is 11.6 Å². The van der Waals surface area contributed by atoms with Crippen LogP contribution in [0, 0.1) is 10.1 Å². The minimum atomic E-state index is -1.18. The monoisotopic (exact) mass is 399 g/mol. The number of carboxylic acids is 1. The minimum absolute atomic E-state index is 0.0256. The van der Waals surface area contributed by atoms with Crippen molar-refractivity contribution in [3.63, 3.8) is 0 Å². The van der Waals surface area contributed by atoms with E-state index in [-0.39, 0.29) is 30.9 Å². The lowest BCUT2D eigenvalue weighted by Gasteiger charge is -2.29. The van der Waals surface area contributed by atoms with Crippen LogP contribution in [0.1, 0.15) is 5.56 Å². The minimum Gasteiger partial charge on any atom is -0.480 e. The molecule has 1 aliphatic rings. The van der Waals surface area contributed by atoms with Gasteiger partial charge in [0, 0.05) is 12.5 Å². The number of aliphatic carboxylic acids is 1. The molecular formula is C19H17N3O7. The van der Waals surface area contributed by atoms with Gasteiger partial charge in [0.2, 0.25) is 5.91 Å². The van der Waals surface area contributed by atoms with Gasteiger partial charge in [0.1, 0.15) is 12.6 Å². The van der Waals surface area contributed by atoms with Crippen molar-refractivity contribution in [2.45, 2.75) is 12.5 Å². The Labute approximate surface area is 164 Å². The number of hydrogen-bond donors (Lipinski definition) is 2. The third-order valence-electron chi connectivity index (χ3n) is 4.29. The van der Waals surface area contributed by atoms with Crippen molar-refractivity contribution in [2.24, 2.45) is 0 Å². The molecule has 2 aromatic carbocycles. The van der Waals surface area contributed by atoms with Crippen LogP contribution < -0.4 is 15.0 Å². The van der Waals surface area contributed by atoms with Crippen LogP contribution in [0.4, 0.5) is 11.4 Å². The number of hydrogen-bond acceptors (Lipinski definition) is 7. The number of nitrogens with zero attached hydrogens (tertiary/aromatic N) is 2. The lowest BCUT2D eigenvalue weighted by molar-refractivity contribution is -0.384. The molecule has 1 aliphatic heterocycles. The third-order valence-corrected chi connectivity index (χ3v) is 4.29. The van der Waals surface area contributed by atoms with Crippen molar-refractivity contribution in [1.82, 2.24) is 5.32 Å². The summed E-state index contributed by atoms with van der Waals surface area (Å²) in [5.74, 6) is -2.49. The van der Waals surface area contributed by atoms with E-state index >= 15 is 0 Å². The Morgan fingerprint density at radius 2 is 1.97 bits per heavy atom. The van der Waals surface area contributed by atoms with E-state index in [4.69, 9.17) is 4.74 Å². The number of carbonyl (C=O) groups is 3. The Bertz CT molecular complexity index is 962. The zero-order valence-electron chi connectivity index (χ0n) is 15.1. The molecule has 0 radical (unpaired) electrons. The van der Waals surface area contributed by atoms with Gasteiger partial charge in [-0.2, -0.15) is 0 Å². The summed E-state index contributed by atoms with van der Waals surface area (Å²) in [6.07, 6.45) is 0.104. The Morgan fingerprint density at radius 1 is 1.24 bits per heavy atom. The molecule has 10 nitrogen and oxygen atoms in total. The lowest BCUT2D eigenvalue weighted by atomic mass is 10.1. The molecule has 10 heteroatoms. The van der Waals surface area contributed by atoms with E-state index in [9.17, 15) is 29.6 Å². The van der Waals surface area contributed by atoms with Crippen molar-refractivity contribution in [1.29, 1.82) is 0 Å². The van der Waals surface area contributed by atoms with Gasteiger partial charge in [-0.25, -0.2) is 9.59 Å². The summed E-state index contributed by atoms with van der Waals surface area (Å²) in [4.78, 5) is 47.4. The van der Waals surface area contributed by atoms with Gasteiger partial charge in [0.15, 0.2) is 5.75 Å². The molecule has 1 unspecified atom stereocenters. The van der Waals surface area contributed by atoms with Gasteiger partial charge in [0.05, 0.1) is 23.2 Å². The number of nitrogens with one attached hydrogen (secondary N) is 1. The standard InChI is InChI=1S/C19H17N3O7/c23-17(20-14(19(25)26)8-12-4-2-1-3-5-12)10-21-11-18(24)29-16-9-13(22(27)28)6-7-15(16)21/h1-7,9,14H,8,10-11H2,(H,20,23)(H,25,26). The molecule has 3 rings (SSSR count). The molecule has 2 N–H and O–H groups in total. The highest BCUT2D eigenvalue weighted by Crippen LogP contribution is 2.34. The Hall–Kier alpha value is -3.95. The van der Waals surface area contributed by atoms with E-state index < -0.39 is 28.8 Å². The Morgan fingerprint density at radius 3 is 2.62 bits per heavy atom. The predicted molar refractivity (Wildman–Crippen MR) is 101 cm³/mol. The van der Waals surface area contributed by atoms with E-state index in [1.165, 1.54) is 17.0 Å². The number of benzene rings is 2. The smallest absolute Gasteiger partial charge is 0.331 e. The largest absolute Gasteiger partial charge is 0.480 e. The zero-order chi connectivity index (χ0) is 21.0. The summed E-state index contributed by atoms with van der Waals surface area (Å²) >= 11 is 0. The maximum absolute atomic E-state index is 12.4. The maximum Gasteiger partial charge on any atom is 0.331 e. The van der Waals surface area contributed by atoms with Gasteiger partial charge in [-0.3, -0.25) is 14.9 Å². The summed E-state index contributed by atoms with van der Waals surface area (Å²) in [7, 11) is 0. The van der Waals surface area contributed by atoms with Crippen LogP contribution in [-0.2, 0) is 20.8 Å². The quantitative estimate of drug-likeness (QED) is 0.306. The second-order valence-electron chi connectivity index (χ2n) is 6.39. The third kappa shape index (κ3) is 4.86.